The molecular weight excluding hydrogens is 400 g/mol. The fourth-order valence-electron chi connectivity index (χ4n) is 3.58. The molecule has 0 radical (unpaired) electrons. The summed E-state index contributed by atoms with van der Waals surface area (Å²) in [6.45, 7) is 5.29. The van der Waals surface area contributed by atoms with Crippen molar-refractivity contribution in [2.45, 2.75) is 13.1 Å². The molecule has 1 heterocycles. The zero-order chi connectivity index (χ0) is 22.4. The molecule has 166 valence electrons. The van der Waals surface area contributed by atoms with Gasteiger partial charge in [-0.2, -0.15) is 0 Å². The number of amides is 1. The van der Waals surface area contributed by atoms with Gasteiger partial charge in [0.15, 0.2) is 11.5 Å². The lowest BCUT2D eigenvalue weighted by Crippen LogP contribution is -2.43. The van der Waals surface area contributed by atoms with Gasteiger partial charge in [-0.05, 0) is 18.2 Å². The third-order valence-electron chi connectivity index (χ3n) is 5.39. The highest BCUT2D eigenvalue weighted by Crippen LogP contribution is 2.34. The molecule has 1 aliphatic heterocycles. The molecule has 0 unspecified atom stereocenters. The fraction of sp³-hybridized carbons (Fsp3) is 0.409. The summed E-state index contributed by atoms with van der Waals surface area (Å²) in [4.78, 5) is 28.3. The van der Waals surface area contributed by atoms with Crippen LogP contribution in [0.3, 0.4) is 0 Å². The van der Waals surface area contributed by atoms with Gasteiger partial charge >= 0.3 is 0 Å². The number of nitro benzene ring substituents is 1. The molecule has 0 bridgehead atoms. The molecule has 9 nitrogen and oxygen atoms in total. The van der Waals surface area contributed by atoms with Crippen LogP contribution in [0.15, 0.2) is 36.4 Å². The largest absolute Gasteiger partial charge is 0.493 e. The van der Waals surface area contributed by atoms with E-state index in [1.54, 1.807) is 0 Å². The molecule has 31 heavy (non-hydrogen) atoms. The third-order valence-corrected chi connectivity index (χ3v) is 5.39. The number of methoxy groups -OCH3 is 2. The number of likely N-dealkylation sites (N-methyl/N-ethyl adjacent to an activating group) is 1. The van der Waals surface area contributed by atoms with E-state index in [1.165, 1.54) is 31.9 Å². The number of rotatable bonds is 8. The first-order chi connectivity index (χ1) is 14.9. The van der Waals surface area contributed by atoms with Gasteiger partial charge in [-0.3, -0.25) is 19.8 Å². The van der Waals surface area contributed by atoms with E-state index in [0.29, 0.717) is 0 Å². The number of ether oxygens (including phenoxy) is 2. The zero-order valence-electron chi connectivity index (χ0n) is 18.1. The van der Waals surface area contributed by atoms with E-state index in [-0.39, 0.29) is 29.3 Å². The second-order valence-electron chi connectivity index (χ2n) is 7.56. The summed E-state index contributed by atoms with van der Waals surface area (Å²) in [7, 11) is 4.93. The molecule has 9 heteroatoms. The molecule has 1 aliphatic rings. The van der Waals surface area contributed by atoms with Gasteiger partial charge in [0, 0.05) is 45.3 Å². The number of nitrogens with zero attached hydrogens (tertiary/aromatic N) is 3. The Morgan fingerprint density at radius 2 is 1.71 bits per heavy atom. The normalized spacial score (nSPS) is 14.8. The van der Waals surface area contributed by atoms with Gasteiger partial charge in [-0.1, -0.05) is 24.3 Å². The Hall–Kier alpha value is -3.17. The first-order valence-corrected chi connectivity index (χ1v) is 10.1. The van der Waals surface area contributed by atoms with Crippen molar-refractivity contribution in [2.75, 3.05) is 47.4 Å². The summed E-state index contributed by atoms with van der Waals surface area (Å²) in [6.07, 6.45) is 0. The van der Waals surface area contributed by atoms with Crippen LogP contribution in [0.5, 0.6) is 11.5 Å². The highest BCUT2D eigenvalue weighted by molar-refractivity contribution is 5.99. The van der Waals surface area contributed by atoms with E-state index in [9.17, 15) is 14.9 Å². The summed E-state index contributed by atoms with van der Waals surface area (Å²) < 4.78 is 10.3. The molecule has 0 aliphatic carbocycles. The van der Waals surface area contributed by atoms with Gasteiger partial charge in [0.05, 0.1) is 25.2 Å². The van der Waals surface area contributed by atoms with Crippen LogP contribution in [-0.4, -0.2) is 68.1 Å². The lowest BCUT2D eigenvalue weighted by atomic mass is 10.1. The van der Waals surface area contributed by atoms with Crippen LogP contribution >= 0.6 is 0 Å². The van der Waals surface area contributed by atoms with E-state index in [1.807, 2.05) is 12.1 Å². The third kappa shape index (κ3) is 5.71. The first kappa shape index (κ1) is 22.5. The molecule has 1 amide bonds. The van der Waals surface area contributed by atoms with Crippen LogP contribution < -0.4 is 14.8 Å². The number of carbonyl (C=O) groups excluding carboxylic acids is 1. The second kappa shape index (κ2) is 10.2. The number of nitrogens with one attached hydrogen (secondary N) is 1. The van der Waals surface area contributed by atoms with Gasteiger partial charge in [0.2, 0.25) is 0 Å². The summed E-state index contributed by atoms with van der Waals surface area (Å²) in [5.41, 5.74) is 1.70. The zero-order valence-corrected chi connectivity index (χ0v) is 18.1. The summed E-state index contributed by atoms with van der Waals surface area (Å²) >= 11 is 0. The molecule has 1 N–H and O–H groups in total. The number of hydrogen-bond acceptors (Lipinski definition) is 7. The molecule has 2 aromatic carbocycles. The average Bonchev–Trinajstić information content (AvgIpc) is 2.78. The number of piperazine rings is 1. The predicted octanol–water partition coefficient (Wildman–Crippen LogP) is 2.29. The smallest absolute Gasteiger partial charge is 0.286 e. The van der Waals surface area contributed by atoms with Gasteiger partial charge in [0.1, 0.15) is 5.56 Å². The molecule has 1 saturated heterocycles. The van der Waals surface area contributed by atoms with Crippen molar-refractivity contribution in [3.8, 4) is 11.5 Å². The van der Waals surface area contributed by atoms with E-state index >= 15 is 0 Å². The highest BCUT2D eigenvalue weighted by atomic mass is 16.6. The Bertz CT molecular complexity index is 941. The summed E-state index contributed by atoms with van der Waals surface area (Å²) in [5, 5.41) is 14.2. The van der Waals surface area contributed by atoms with E-state index in [2.05, 4.69) is 34.3 Å². The second-order valence-corrected chi connectivity index (χ2v) is 7.56. The molecule has 3 rings (SSSR count). The minimum absolute atomic E-state index is 0.0729. The van der Waals surface area contributed by atoms with Crippen LogP contribution in [0, 0.1) is 10.1 Å². The Morgan fingerprint density at radius 3 is 2.35 bits per heavy atom. The lowest BCUT2D eigenvalue weighted by Gasteiger charge is -2.32. The van der Waals surface area contributed by atoms with Crippen molar-refractivity contribution in [3.05, 3.63) is 63.2 Å². The average molecular weight is 428 g/mol. The van der Waals surface area contributed by atoms with Crippen LogP contribution in [0.2, 0.25) is 0 Å². The quantitative estimate of drug-likeness (QED) is 0.509. The number of hydrogen-bond donors (Lipinski definition) is 1. The van der Waals surface area contributed by atoms with Crippen molar-refractivity contribution in [1.82, 2.24) is 15.1 Å². The van der Waals surface area contributed by atoms with Crippen molar-refractivity contribution in [1.29, 1.82) is 0 Å². The summed E-state index contributed by atoms with van der Waals surface area (Å²) in [5.74, 6) is -0.0908. The Kier molecular flexibility index (Phi) is 7.43. The fourth-order valence-corrected chi connectivity index (χ4v) is 3.58. The molecule has 0 spiro atoms. The van der Waals surface area contributed by atoms with Gasteiger partial charge in [-0.15, -0.1) is 0 Å². The SMILES string of the molecule is COc1cc(C(=O)NCc2cccc(CN3CCN(C)CC3)c2)c([N+](=O)[O-])cc1OC. The minimum atomic E-state index is -0.604. The van der Waals surface area contributed by atoms with Crippen LogP contribution in [0.4, 0.5) is 5.69 Å². The van der Waals surface area contributed by atoms with E-state index in [0.717, 1.165) is 38.3 Å². The maximum atomic E-state index is 12.7. The Balaban J connectivity index is 1.69. The van der Waals surface area contributed by atoms with Crippen LogP contribution in [0.25, 0.3) is 0 Å². The molecule has 0 aromatic heterocycles. The molecular formula is C22H28N4O5. The maximum absolute atomic E-state index is 12.7. The Labute approximate surface area is 181 Å². The van der Waals surface area contributed by atoms with Gasteiger partial charge < -0.3 is 19.7 Å². The molecule has 1 fully saturated rings. The number of nitro groups is 1. The number of benzene rings is 2. The minimum Gasteiger partial charge on any atom is -0.493 e. The molecule has 2 aromatic rings. The van der Waals surface area contributed by atoms with Gasteiger partial charge in [0.25, 0.3) is 11.6 Å². The van der Waals surface area contributed by atoms with Crippen LogP contribution in [0.1, 0.15) is 21.5 Å². The van der Waals surface area contributed by atoms with Crippen LogP contribution in [-0.2, 0) is 13.1 Å². The molecule has 0 saturated carbocycles. The standard InChI is InChI=1S/C22H28N4O5/c1-24-7-9-25(10-8-24)15-17-6-4-5-16(11-17)14-23-22(27)18-12-20(30-2)21(31-3)13-19(18)26(28)29/h4-6,11-13H,7-10,14-15H2,1-3H3,(H,23,27). The monoisotopic (exact) mass is 428 g/mol. The van der Waals surface area contributed by atoms with Crippen molar-refractivity contribution in [3.63, 3.8) is 0 Å². The van der Waals surface area contributed by atoms with Crippen molar-refractivity contribution in [2.24, 2.45) is 0 Å². The predicted molar refractivity (Wildman–Crippen MR) is 117 cm³/mol. The first-order valence-electron chi connectivity index (χ1n) is 10.1. The highest BCUT2D eigenvalue weighted by Gasteiger charge is 2.24. The topological polar surface area (TPSA) is 97.2 Å². The maximum Gasteiger partial charge on any atom is 0.286 e. The van der Waals surface area contributed by atoms with Gasteiger partial charge in [-0.25, -0.2) is 0 Å². The van der Waals surface area contributed by atoms with Crippen molar-refractivity contribution >= 4 is 11.6 Å². The number of carbonyl (C=O) groups is 1. The summed E-state index contributed by atoms with van der Waals surface area (Å²) in [6, 6.07) is 10.5. The van der Waals surface area contributed by atoms with E-state index in [4.69, 9.17) is 9.47 Å². The van der Waals surface area contributed by atoms with E-state index < -0.39 is 10.8 Å². The Morgan fingerprint density at radius 1 is 1.06 bits per heavy atom. The lowest BCUT2D eigenvalue weighted by molar-refractivity contribution is -0.385. The van der Waals surface area contributed by atoms with Crippen molar-refractivity contribution < 1.29 is 19.2 Å². The molecule has 0 atom stereocenters.